The van der Waals surface area contributed by atoms with E-state index in [4.69, 9.17) is 0 Å². The van der Waals surface area contributed by atoms with E-state index in [0.29, 0.717) is 0 Å². The van der Waals surface area contributed by atoms with E-state index in [1.807, 2.05) is 11.6 Å². The van der Waals surface area contributed by atoms with Gasteiger partial charge in [-0.3, -0.25) is 0 Å². The molecule has 0 atom stereocenters. The molecule has 0 saturated carbocycles. The second-order valence-corrected chi connectivity index (χ2v) is 3.78. The topological polar surface area (TPSA) is 28.2 Å². The summed E-state index contributed by atoms with van der Waals surface area (Å²) in [6.07, 6.45) is 3.10. The van der Waals surface area contributed by atoms with E-state index in [-0.39, 0.29) is 24.8 Å². The predicted molar refractivity (Wildman–Crippen MR) is 66.3 cm³/mol. The highest BCUT2D eigenvalue weighted by Gasteiger charge is 2.10. The molecule has 0 radical (unpaired) electrons. The first-order chi connectivity index (χ1) is 5.97. The molecule has 1 N–H and O–H groups in total. The first-order valence-corrected chi connectivity index (χ1v) is 5.20. The van der Waals surface area contributed by atoms with Crippen LogP contribution in [0.25, 0.3) is 0 Å². The van der Waals surface area contributed by atoms with Crippen molar-refractivity contribution in [1.29, 1.82) is 0 Å². The van der Waals surface area contributed by atoms with Gasteiger partial charge in [0.05, 0.1) is 0 Å². The molecule has 0 aromatic carbocycles. The number of rotatable bonds is 1. The van der Waals surface area contributed by atoms with Crippen molar-refractivity contribution < 1.29 is 0 Å². The summed E-state index contributed by atoms with van der Waals surface area (Å²) < 4.78 is 0. The van der Waals surface area contributed by atoms with Crippen molar-refractivity contribution in [3.05, 3.63) is 11.6 Å². The molecule has 0 bridgehead atoms. The minimum atomic E-state index is 0. The fourth-order valence-corrected chi connectivity index (χ4v) is 2.11. The molecule has 2 heterocycles. The summed E-state index contributed by atoms with van der Waals surface area (Å²) in [4.78, 5) is 6.65. The second kappa shape index (κ2) is 7.29. The van der Waals surface area contributed by atoms with Crippen LogP contribution in [0.1, 0.15) is 6.42 Å². The number of hydrogen-bond donors (Lipinski definition) is 1. The summed E-state index contributed by atoms with van der Waals surface area (Å²) in [6.45, 7) is 4.45. The maximum Gasteiger partial charge on any atom is 0.185 e. The Kier molecular flexibility index (Phi) is 7.27. The van der Waals surface area contributed by atoms with Gasteiger partial charge in [0, 0.05) is 31.2 Å². The van der Waals surface area contributed by atoms with Gasteiger partial charge in [0.15, 0.2) is 5.13 Å². The van der Waals surface area contributed by atoms with Gasteiger partial charge in [-0.15, -0.1) is 36.2 Å². The molecule has 0 amide bonds. The summed E-state index contributed by atoms with van der Waals surface area (Å²) in [7, 11) is 0. The molecule has 0 spiro atoms. The number of nitrogens with zero attached hydrogens (tertiary/aromatic N) is 2. The van der Waals surface area contributed by atoms with Crippen LogP contribution < -0.4 is 10.2 Å². The first kappa shape index (κ1) is 14.0. The van der Waals surface area contributed by atoms with Crippen molar-refractivity contribution >= 4 is 41.3 Å². The quantitative estimate of drug-likeness (QED) is 0.830. The van der Waals surface area contributed by atoms with E-state index in [1.165, 1.54) is 11.6 Å². The van der Waals surface area contributed by atoms with Gasteiger partial charge in [0.1, 0.15) is 0 Å². The summed E-state index contributed by atoms with van der Waals surface area (Å²) in [5, 5.41) is 6.58. The Balaban J connectivity index is 0.000000845. The van der Waals surface area contributed by atoms with E-state index >= 15 is 0 Å². The Bertz CT molecular complexity index is 223. The van der Waals surface area contributed by atoms with Crippen molar-refractivity contribution in [1.82, 2.24) is 10.3 Å². The predicted octanol–water partition coefficient (Wildman–Crippen LogP) is 1.79. The molecule has 14 heavy (non-hydrogen) atoms. The Morgan fingerprint density at radius 3 is 2.86 bits per heavy atom. The van der Waals surface area contributed by atoms with Crippen LogP contribution in [0.4, 0.5) is 5.13 Å². The van der Waals surface area contributed by atoms with E-state index in [9.17, 15) is 0 Å². The number of nitrogens with one attached hydrogen (secondary N) is 1. The van der Waals surface area contributed by atoms with Crippen molar-refractivity contribution in [2.24, 2.45) is 0 Å². The highest BCUT2D eigenvalue weighted by molar-refractivity contribution is 7.13. The lowest BCUT2D eigenvalue weighted by Crippen LogP contribution is -2.27. The zero-order valence-electron chi connectivity index (χ0n) is 7.81. The lowest BCUT2D eigenvalue weighted by atomic mass is 10.4. The Labute approximate surface area is 101 Å². The van der Waals surface area contributed by atoms with Crippen LogP contribution in [0.2, 0.25) is 0 Å². The third-order valence-corrected chi connectivity index (χ3v) is 2.86. The fourth-order valence-electron chi connectivity index (χ4n) is 1.41. The van der Waals surface area contributed by atoms with E-state index in [1.54, 1.807) is 11.3 Å². The van der Waals surface area contributed by atoms with Crippen LogP contribution in [0.5, 0.6) is 0 Å². The Morgan fingerprint density at radius 1 is 1.29 bits per heavy atom. The van der Waals surface area contributed by atoms with Crippen molar-refractivity contribution in [2.45, 2.75) is 6.42 Å². The zero-order valence-corrected chi connectivity index (χ0v) is 10.3. The van der Waals surface area contributed by atoms with E-state index in [2.05, 4.69) is 15.2 Å². The number of halogens is 2. The van der Waals surface area contributed by atoms with E-state index < -0.39 is 0 Å². The van der Waals surface area contributed by atoms with Gasteiger partial charge in [0.25, 0.3) is 0 Å². The van der Waals surface area contributed by atoms with Crippen LogP contribution in [0.15, 0.2) is 11.6 Å². The van der Waals surface area contributed by atoms with Gasteiger partial charge in [0.2, 0.25) is 0 Å². The molecule has 1 aromatic rings. The second-order valence-electron chi connectivity index (χ2n) is 2.91. The molecule has 1 aromatic heterocycles. The fraction of sp³-hybridized carbons (Fsp3) is 0.625. The van der Waals surface area contributed by atoms with Crippen LogP contribution in [0, 0.1) is 0 Å². The zero-order chi connectivity index (χ0) is 8.23. The highest BCUT2D eigenvalue weighted by Crippen LogP contribution is 2.17. The lowest BCUT2D eigenvalue weighted by Gasteiger charge is -2.17. The average molecular weight is 256 g/mol. The molecule has 82 valence electrons. The molecule has 1 aliphatic rings. The SMILES string of the molecule is Cl.Cl.c1csc(N2CCCNCC2)n1. The summed E-state index contributed by atoms with van der Waals surface area (Å²) in [6, 6.07) is 0. The molecule has 1 saturated heterocycles. The van der Waals surface area contributed by atoms with Crippen LogP contribution in [-0.4, -0.2) is 31.2 Å². The minimum absolute atomic E-state index is 0. The number of thiazole rings is 1. The summed E-state index contributed by atoms with van der Waals surface area (Å²) in [5.74, 6) is 0. The number of aromatic nitrogens is 1. The van der Waals surface area contributed by atoms with Crippen molar-refractivity contribution in [3.8, 4) is 0 Å². The molecule has 0 unspecified atom stereocenters. The molecule has 1 fully saturated rings. The van der Waals surface area contributed by atoms with Crippen LogP contribution in [-0.2, 0) is 0 Å². The van der Waals surface area contributed by atoms with Gasteiger partial charge >= 0.3 is 0 Å². The van der Waals surface area contributed by atoms with Gasteiger partial charge in [-0.25, -0.2) is 4.98 Å². The smallest absolute Gasteiger partial charge is 0.185 e. The van der Waals surface area contributed by atoms with Crippen molar-refractivity contribution in [2.75, 3.05) is 31.1 Å². The third-order valence-electron chi connectivity index (χ3n) is 2.03. The van der Waals surface area contributed by atoms with Crippen LogP contribution >= 0.6 is 36.2 Å². The summed E-state index contributed by atoms with van der Waals surface area (Å²) >= 11 is 1.73. The molecule has 3 nitrogen and oxygen atoms in total. The minimum Gasteiger partial charge on any atom is -0.347 e. The third kappa shape index (κ3) is 3.61. The normalized spacial score (nSPS) is 16.4. The van der Waals surface area contributed by atoms with Crippen molar-refractivity contribution in [3.63, 3.8) is 0 Å². The number of anilines is 1. The molecule has 1 aliphatic heterocycles. The lowest BCUT2D eigenvalue weighted by molar-refractivity contribution is 0.724. The molecular formula is C8H15Cl2N3S. The average Bonchev–Trinajstić information content (AvgIpc) is 2.48. The standard InChI is InChI=1S/C8H13N3S.2ClH/c1-2-9-3-6-11(5-1)8-10-4-7-12-8;;/h4,7,9H,1-3,5-6H2;2*1H. The molecule has 6 heteroatoms. The first-order valence-electron chi connectivity index (χ1n) is 4.32. The van der Waals surface area contributed by atoms with Gasteiger partial charge in [-0.1, -0.05) is 0 Å². The highest BCUT2D eigenvalue weighted by atomic mass is 35.5. The van der Waals surface area contributed by atoms with Gasteiger partial charge in [-0.05, 0) is 13.0 Å². The van der Waals surface area contributed by atoms with Gasteiger partial charge in [-0.2, -0.15) is 0 Å². The van der Waals surface area contributed by atoms with Gasteiger partial charge < -0.3 is 10.2 Å². The largest absolute Gasteiger partial charge is 0.347 e. The number of hydrogen-bond acceptors (Lipinski definition) is 4. The molecule has 0 aliphatic carbocycles. The summed E-state index contributed by atoms with van der Waals surface area (Å²) in [5.41, 5.74) is 0. The Morgan fingerprint density at radius 2 is 2.14 bits per heavy atom. The Hall–Kier alpha value is -0.0300. The maximum absolute atomic E-state index is 4.30. The molecule has 2 rings (SSSR count). The van der Waals surface area contributed by atoms with E-state index in [0.717, 1.165) is 26.2 Å². The monoisotopic (exact) mass is 255 g/mol. The molecular weight excluding hydrogens is 241 g/mol. The maximum atomic E-state index is 4.30. The van der Waals surface area contributed by atoms with Crippen LogP contribution in [0.3, 0.4) is 0 Å².